The fraction of sp³-hybridized carbons (Fsp3) is 0.375. The van der Waals surface area contributed by atoms with Gasteiger partial charge in [0, 0.05) is 5.38 Å². The standard InChI is InChI=1S/C16H20N2O2S/c1-11(2)13-5-4-6-15(7-13)20-9-16(19)17-8-14-10-21-12(3)18-14/h4-7,10-11H,8-9H2,1-3H3,(H,17,19). The van der Waals surface area contributed by atoms with Gasteiger partial charge in [-0.05, 0) is 30.5 Å². The lowest BCUT2D eigenvalue weighted by Gasteiger charge is -2.10. The Morgan fingerprint density at radius 1 is 1.43 bits per heavy atom. The van der Waals surface area contributed by atoms with Crippen LogP contribution in [0, 0.1) is 6.92 Å². The van der Waals surface area contributed by atoms with E-state index in [0.29, 0.717) is 12.5 Å². The monoisotopic (exact) mass is 304 g/mol. The first-order valence-corrected chi connectivity index (χ1v) is 7.83. The number of hydrogen-bond acceptors (Lipinski definition) is 4. The van der Waals surface area contributed by atoms with E-state index in [1.54, 1.807) is 11.3 Å². The van der Waals surface area contributed by atoms with Crippen LogP contribution in [0.25, 0.3) is 0 Å². The molecule has 2 aromatic rings. The normalized spacial score (nSPS) is 10.7. The van der Waals surface area contributed by atoms with Gasteiger partial charge in [-0.15, -0.1) is 11.3 Å². The Hall–Kier alpha value is -1.88. The van der Waals surface area contributed by atoms with E-state index < -0.39 is 0 Å². The van der Waals surface area contributed by atoms with Crippen LogP contribution < -0.4 is 10.1 Å². The highest BCUT2D eigenvalue weighted by Crippen LogP contribution is 2.19. The van der Waals surface area contributed by atoms with Gasteiger partial charge in [-0.3, -0.25) is 4.79 Å². The van der Waals surface area contributed by atoms with Crippen LogP contribution in [-0.4, -0.2) is 17.5 Å². The summed E-state index contributed by atoms with van der Waals surface area (Å²) in [4.78, 5) is 16.0. The van der Waals surface area contributed by atoms with Crippen molar-refractivity contribution in [1.29, 1.82) is 0 Å². The van der Waals surface area contributed by atoms with Crippen molar-refractivity contribution in [3.05, 3.63) is 45.9 Å². The highest BCUT2D eigenvalue weighted by molar-refractivity contribution is 7.09. The SMILES string of the molecule is Cc1nc(CNC(=O)COc2cccc(C(C)C)c2)cs1. The van der Waals surface area contributed by atoms with Crippen LogP contribution in [-0.2, 0) is 11.3 Å². The maximum atomic E-state index is 11.8. The summed E-state index contributed by atoms with van der Waals surface area (Å²) >= 11 is 1.58. The summed E-state index contributed by atoms with van der Waals surface area (Å²) in [7, 11) is 0. The Morgan fingerprint density at radius 3 is 2.90 bits per heavy atom. The maximum absolute atomic E-state index is 11.8. The van der Waals surface area contributed by atoms with E-state index in [2.05, 4.69) is 30.2 Å². The molecule has 1 aromatic carbocycles. The van der Waals surface area contributed by atoms with Crippen molar-refractivity contribution >= 4 is 17.2 Å². The van der Waals surface area contributed by atoms with Crippen LogP contribution in [0.1, 0.15) is 36.0 Å². The van der Waals surface area contributed by atoms with Gasteiger partial charge in [0.15, 0.2) is 6.61 Å². The van der Waals surface area contributed by atoms with Crippen LogP contribution in [0.4, 0.5) is 0 Å². The summed E-state index contributed by atoms with van der Waals surface area (Å²) in [6.45, 7) is 6.66. The van der Waals surface area contributed by atoms with Crippen LogP contribution in [0.5, 0.6) is 5.75 Å². The van der Waals surface area contributed by atoms with E-state index in [-0.39, 0.29) is 12.5 Å². The molecule has 0 saturated carbocycles. The molecule has 1 amide bonds. The number of thiazole rings is 1. The zero-order valence-electron chi connectivity index (χ0n) is 12.6. The average molecular weight is 304 g/mol. The summed E-state index contributed by atoms with van der Waals surface area (Å²) in [6.07, 6.45) is 0. The number of ether oxygens (including phenoxy) is 1. The number of aromatic nitrogens is 1. The van der Waals surface area contributed by atoms with E-state index in [1.807, 2.05) is 30.5 Å². The maximum Gasteiger partial charge on any atom is 0.258 e. The predicted octanol–water partition coefficient (Wildman–Crippen LogP) is 3.27. The molecule has 5 heteroatoms. The average Bonchev–Trinajstić information content (AvgIpc) is 2.89. The first-order chi connectivity index (χ1) is 10.0. The van der Waals surface area contributed by atoms with Crippen molar-refractivity contribution in [3.63, 3.8) is 0 Å². The molecule has 1 aromatic heterocycles. The smallest absolute Gasteiger partial charge is 0.258 e. The van der Waals surface area contributed by atoms with Gasteiger partial charge in [0.05, 0.1) is 17.2 Å². The third kappa shape index (κ3) is 4.86. The van der Waals surface area contributed by atoms with Crippen molar-refractivity contribution in [2.45, 2.75) is 33.2 Å². The quantitative estimate of drug-likeness (QED) is 0.891. The molecule has 0 aliphatic carbocycles. The summed E-state index contributed by atoms with van der Waals surface area (Å²) in [6, 6.07) is 7.84. The molecule has 0 fully saturated rings. The number of carbonyl (C=O) groups excluding carboxylic acids is 1. The summed E-state index contributed by atoms with van der Waals surface area (Å²) in [5.41, 5.74) is 2.08. The highest BCUT2D eigenvalue weighted by Gasteiger charge is 2.06. The van der Waals surface area contributed by atoms with Gasteiger partial charge in [0.1, 0.15) is 5.75 Å². The van der Waals surface area contributed by atoms with E-state index in [9.17, 15) is 4.79 Å². The fourth-order valence-electron chi connectivity index (χ4n) is 1.84. The first-order valence-electron chi connectivity index (χ1n) is 6.95. The molecule has 0 spiro atoms. The molecule has 4 nitrogen and oxygen atoms in total. The van der Waals surface area contributed by atoms with Crippen LogP contribution >= 0.6 is 11.3 Å². The number of carbonyl (C=O) groups is 1. The topological polar surface area (TPSA) is 51.2 Å². The number of benzene rings is 1. The minimum Gasteiger partial charge on any atom is -0.484 e. The fourth-order valence-corrected chi connectivity index (χ4v) is 2.45. The molecule has 0 radical (unpaired) electrons. The van der Waals surface area contributed by atoms with E-state index in [1.165, 1.54) is 5.56 Å². The molecule has 2 rings (SSSR count). The Bertz CT molecular complexity index is 608. The molecule has 0 aliphatic rings. The van der Waals surface area contributed by atoms with Gasteiger partial charge >= 0.3 is 0 Å². The highest BCUT2D eigenvalue weighted by atomic mass is 32.1. The van der Waals surface area contributed by atoms with Gasteiger partial charge in [-0.2, -0.15) is 0 Å². The molecule has 0 unspecified atom stereocenters. The molecule has 1 heterocycles. The third-order valence-corrected chi connectivity index (χ3v) is 3.85. The zero-order chi connectivity index (χ0) is 15.2. The molecule has 0 aliphatic heterocycles. The van der Waals surface area contributed by atoms with Gasteiger partial charge in [-0.1, -0.05) is 26.0 Å². The van der Waals surface area contributed by atoms with Crippen molar-refractivity contribution in [1.82, 2.24) is 10.3 Å². The molecule has 0 bridgehead atoms. The van der Waals surface area contributed by atoms with Crippen molar-refractivity contribution in [2.75, 3.05) is 6.61 Å². The number of hydrogen-bond donors (Lipinski definition) is 1. The van der Waals surface area contributed by atoms with Crippen LogP contribution in [0.15, 0.2) is 29.6 Å². The lowest BCUT2D eigenvalue weighted by atomic mass is 10.0. The van der Waals surface area contributed by atoms with Crippen molar-refractivity contribution < 1.29 is 9.53 Å². The largest absolute Gasteiger partial charge is 0.484 e. The van der Waals surface area contributed by atoms with Crippen molar-refractivity contribution in [3.8, 4) is 5.75 Å². The van der Waals surface area contributed by atoms with Crippen LogP contribution in [0.2, 0.25) is 0 Å². The van der Waals surface area contributed by atoms with Crippen LogP contribution in [0.3, 0.4) is 0 Å². The summed E-state index contributed by atoms with van der Waals surface area (Å²) < 4.78 is 5.52. The second-order valence-electron chi connectivity index (χ2n) is 5.15. The molecule has 112 valence electrons. The number of rotatable bonds is 6. The summed E-state index contributed by atoms with van der Waals surface area (Å²) in [5, 5.41) is 5.75. The number of nitrogens with zero attached hydrogens (tertiary/aromatic N) is 1. The number of amides is 1. The lowest BCUT2D eigenvalue weighted by molar-refractivity contribution is -0.123. The van der Waals surface area contributed by atoms with Crippen molar-refractivity contribution in [2.24, 2.45) is 0 Å². The Morgan fingerprint density at radius 2 is 2.24 bits per heavy atom. The second kappa shape index (κ2) is 7.22. The Balaban J connectivity index is 1.79. The molecular formula is C16H20N2O2S. The Labute approximate surface area is 129 Å². The van der Waals surface area contributed by atoms with E-state index in [4.69, 9.17) is 4.74 Å². The molecule has 1 N–H and O–H groups in total. The predicted molar refractivity (Wildman–Crippen MR) is 84.7 cm³/mol. The molecule has 0 saturated heterocycles. The molecule has 21 heavy (non-hydrogen) atoms. The van der Waals surface area contributed by atoms with Gasteiger partial charge < -0.3 is 10.1 Å². The lowest BCUT2D eigenvalue weighted by Crippen LogP contribution is -2.28. The second-order valence-corrected chi connectivity index (χ2v) is 6.21. The molecule has 0 atom stereocenters. The third-order valence-electron chi connectivity index (χ3n) is 3.03. The van der Waals surface area contributed by atoms with E-state index >= 15 is 0 Å². The minimum atomic E-state index is -0.143. The Kier molecular flexibility index (Phi) is 5.33. The van der Waals surface area contributed by atoms with Gasteiger partial charge in [0.25, 0.3) is 5.91 Å². The summed E-state index contributed by atoms with van der Waals surface area (Å²) in [5.74, 6) is 1.02. The number of aryl methyl sites for hydroxylation is 1. The van der Waals surface area contributed by atoms with Gasteiger partial charge in [-0.25, -0.2) is 4.98 Å². The van der Waals surface area contributed by atoms with E-state index in [0.717, 1.165) is 16.5 Å². The first kappa shape index (κ1) is 15.5. The molecular weight excluding hydrogens is 284 g/mol. The van der Waals surface area contributed by atoms with Gasteiger partial charge in [0.2, 0.25) is 0 Å². The number of nitrogens with one attached hydrogen (secondary N) is 1. The zero-order valence-corrected chi connectivity index (χ0v) is 13.4. The minimum absolute atomic E-state index is 0.0185.